The lowest BCUT2D eigenvalue weighted by Gasteiger charge is -2.31. The van der Waals surface area contributed by atoms with Crippen LogP contribution in [0, 0.1) is 5.92 Å². The molecule has 1 atom stereocenters. The Morgan fingerprint density at radius 2 is 1.89 bits per heavy atom. The van der Waals surface area contributed by atoms with Gasteiger partial charge in [-0.15, -0.1) is 0 Å². The first-order valence-electron chi connectivity index (χ1n) is 7.31. The molecule has 2 fully saturated rings. The third-order valence-electron chi connectivity index (χ3n) is 4.83. The SMILES string of the molecule is NC1(C2CCCC2)CCN(Cc2ccccc2)C1. The molecule has 3 rings (SSSR count). The van der Waals surface area contributed by atoms with Gasteiger partial charge in [0.05, 0.1) is 0 Å². The molecule has 2 heteroatoms. The molecule has 0 amide bonds. The largest absolute Gasteiger partial charge is 0.324 e. The fourth-order valence-corrected chi connectivity index (χ4v) is 3.75. The highest BCUT2D eigenvalue weighted by atomic mass is 15.2. The molecule has 1 unspecified atom stereocenters. The van der Waals surface area contributed by atoms with Crippen LogP contribution in [0.3, 0.4) is 0 Å². The Morgan fingerprint density at radius 3 is 2.61 bits per heavy atom. The van der Waals surface area contributed by atoms with Crippen LogP contribution < -0.4 is 5.73 Å². The van der Waals surface area contributed by atoms with E-state index < -0.39 is 0 Å². The van der Waals surface area contributed by atoms with Gasteiger partial charge in [0, 0.05) is 25.2 Å². The maximum atomic E-state index is 6.67. The van der Waals surface area contributed by atoms with E-state index in [1.807, 2.05) is 0 Å². The average Bonchev–Trinajstić information content (AvgIpc) is 3.01. The van der Waals surface area contributed by atoms with Gasteiger partial charge in [-0.1, -0.05) is 43.2 Å². The molecule has 0 bridgehead atoms. The first-order valence-corrected chi connectivity index (χ1v) is 7.31. The molecular formula is C16H24N2. The first kappa shape index (κ1) is 12.2. The number of hydrogen-bond acceptors (Lipinski definition) is 2. The lowest BCUT2D eigenvalue weighted by molar-refractivity contribution is 0.247. The van der Waals surface area contributed by atoms with Gasteiger partial charge >= 0.3 is 0 Å². The number of nitrogens with zero attached hydrogens (tertiary/aromatic N) is 1. The van der Waals surface area contributed by atoms with Crippen LogP contribution in [0.5, 0.6) is 0 Å². The number of nitrogens with two attached hydrogens (primary N) is 1. The van der Waals surface area contributed by atoms with Gasteiger partial charge in [-0.2, -0.15) is 0 Å². The van der Waals surface area contributed by atoms with Crippen molar-refractivity contribution in [3.05, 3.63) is 35.9 Å². The van der Waals surface area contributed by atoms with E-state index >= 15 is 0 Å². The summed E-state index contributed by atoms with van der Waals surface area (Å²) in [6.07, 6.45) is 6.68. The molecule has 0 aromatic heterocycles. The van der Waals surface area contributed by atoms with E-state index in [9.17, 15) is 0 Å². The number of rotatable bonds is 3. The zero-order valence-corrected chi connectivity index (χ0v) is 11.1. The number of hydrogen-bond donors (Lipinski definition) is 1. The van der Waals surface area contributed by atoms with Crippen molar-refractivity contribution in [3.63, 3.8) is 0 Å². The molecule has 1 heterocycles. The Kier molecular flexibility index (Phi) is 3.40. The molecular weight excluding hydrogens is 220 g/mol. The Morgan fingerprint density at radius 1 is 1.17 bits per heavy atom. The van der Waals surface area contributed by atoms with Crippen LogP contribution in [0.15, 0.2) is 30.3 Å². The molecule has 1 aliphatic carbocycles. The van der Waals surface area contributed by atoms with E-state index in [0.717, 1.165) is 19.0 Å². The summed E-state index contributed by atoms with van der Waals surface area (Å²) >= 11 is 0. The minimum atomic E-state index is 0.102. The molecule has 1 aliphatic heterocycles. The highest BCUT2D eigenvalue weighted by molar-refractivity contribution is 5.15. The predicted octanol–water partition coefficient (Wildman–Crippen LogP) is 2.78. The predicted molar refractivity (Wildman–Crippen MR) is 75.2 cm³/mol. The third kappa shape index (κ3) is 2.45. The van der Waals surface area contributed by atoms with E-state index in [1.165, 1.54) is 44.2 Å². The second-order valence-corrected chi connectivity index (χ2v) is 6.16. The van der Waals surface area contributed by atoms with Crippen LogP contribution in [-0.4, -0.2) is 23.5 Å². The zero-order chi connectivity index (χ0) is 12.4. The lowest BCUT2D eigenvalue weighted by Crippen LogP contribution is -2.48. The van der Waals surface area contributed by atoms with Crippen molar-refractivity contribution >= 4 is 0 Å². The summed E-state index contributed by atoms with van der Waals surface area (Å²) in [6.45, 7) is 3.32. The monoisotopic (exact) mass is 244 g/mol. The normalized spacial score (nSPS) is 30.1. The quantitative estimate of drug-likeness (QED) is 0.886. The number of likely N-dealkylation sites (tertiary alicyclic amines) is 1. The summed E-state index contributed by atoms with van der Waals surface area (Å²) in [5.74, 6) is 0.776. The van der Waals surface area contributed by atoms with Gasteiger partial charge in [0.1, 0.15) is 0 Å². The number of benzene rings is 1. The summed E-state index contributed by atoms with van der Waals surface area (Å²) in [7, 11) is 0. The van der Waals surface area contributed by atoms with Crippen LogP contribution in [0.4, 0.5) is 0 Å². The maximum Gasteiger partial charge on any atom is 0.0324 e. The summed E-state index contributed by atoms with van der Waals surface area (Å²) in [4.78, 5) is 2.54. The van der Waals surface area contributed by atoms with Crippen molar-refractivity contribution in [1.29, 1.82) is 0 Å². The summed E-state index contributed by atoms with van der Waals surface area (Å²) in [5, 5.41) is 0. The second-order valence-electron chi connectivity index (χ2n) is 6.16. The standard InChI is InChI=1S/C16H24N2/c17-16(15-8-4-5-9-15)10-11-18(13-16)12-14-6-2-1-3-7-14/h1-3,6-7,15H,4-5,8-13,17H2. The van der Waals surface area contributed by atoms with E-state index in [2.05, 4.69) is 35.2 Å². The fraction of sp³-hybridized carbons (Fsp3) is 0.625. The van der Waals surface area contributed by atoms with E-state index in [0.29, 0.717) is 0 Å². The van der Waals surface area contributed by atoms with Gasteiger partial charge in [0.25, 0.3) is 0 Å². The van der Waals surface area contributed by atoms with Crippen LogP contribution in [-0.2, 0) is 6.54 Å². The summed E-state index contributed by atoms with van der Waals surface area (Å²) < 4.78 is 0. The Hall–Kier alpha value is -0.860. The molecule has 18 heavy (non-hydrogen) atoms. The molecule has 2 nitrogen and oxygen atoms in total. The second kappa shape index (κ2) is 5.02. The molecule has 1 saturated carbocycles. The molecule has 2 N–H and O–H groups in total. The maximum absolute atomic E-state index is 6.67. The topological polar surface area (TPSA) is 29.3 Å². The van der Waals surface area contributed by atoms with E-state index in [1.54, 1.807) is 0 Å². The van der Waals surface area contributed by atoms with Gasteiger partial charge in [-0.3, -0.25) is 4.90 Å². The molecule has 0 radical (unpaired) electrons. The van der Waals surface area contributed by atoms with Gasteiger partial charge in [-0.05, 0) is 30.7 Å². The van der Waals surface area contributed by atoms with Gasteiger partial charge in [0.2, 0.25) is 0 Å². The first-order chi connectivity index (χ1) is 8.76. The van der Waals surface area contributed by atoms with Crippen LogP contribution in [0.25, 0.3) is 0 Å². The van der Waals surface area contributed by atoms with Crippen molar-refractivity contribution in [2.24, 2.45) is 11.7 Å². The van der Waals surface area contributed by atoms with Gasteiger partial charge < -0.3 is 5.73 Å². The van der Waals surface area contributed by atoms with Crippen molar-refractivity contribution in [1.82, 2.24) is 4.90 Å². The van der Waals surface area contributed by atoms with Crippen molar-refractivity contribution < 1.29 is 0 Å². The molecule has 98 valence electrons. The van der Waals surface area contributed by atoms with Gasteiger partial charge in [0.15, 0.2) is 0 Å². The average molecular weight is 244 g/mol. The smallest absolute Gasteiger partial charge is 0.0324 e. The van der Waals surface area contributed by atoms with E-state index in [4.69, 9.17) is 5.73 Å². The third-order valence-corrected chi connectivity index (χ3v) is 4.83. The zero-order valence-electron chi connectivity index (χ0n) is 11.1. The molecule has 1 aromatic rings. The fourth-order valence-electron chi connectivity index (χ4n) is 3.75. The summed E-state index contributed by atoms with van der Waals surface area (Å²) in [5.41, 5.74) is 8.18. The minimum absolute atomic E-state index is 0.102. The lowest BCUT2D eigenvalue weighted by atomic mass is 9.83. The summed E-state index contributed by atoms with van der Waals surface area (Å²) in [6, 6.07) is 10.8. The molecule has 0 spiro atoms. The minimum Gasteiger partial charge on any atom is -0.324 e. The Labute approximate surface area is 110 Å². The van der Waals surface area contributed by atoms with Crippen LogP contribution >= 0.6 is 0 Å². The highest BCUT2D eigenvalue weighted by Gasteiger charge is 2.41. The van der Waals surface area contributed by atoms with Crippen molar-refractivity contribution in [2.45, 2.75) is 44.2 Å². The molecule has 1 aromatic carbocycles. The molecule has 1 saturated heterocycles. The Balaban J connectivity index is 1.61. The van der Waals surface area contributed by atoms with Gasteiger partial charge in [-0.25, -0.2) is 0 Å². The Bertz CT molecular complexity index is 383. The van der Waals surface area contributed by atoms with Crippen molar-refractivity contribution in [3.8, 4) is 0 Å². The van der Waals surface area contributed by atoms with E-state index in [-0.39, 0.29) is 5.54 Å². The van der Waals surface area contributed by atoms with Crippen molar-refractivity contribution in [2.75, 3.05) is 13.1 Å². The van der Waals surface area contributed by atoms with Crippen LogP contribution in [0.1, 0.15) is 37.7 Å². The molecule has 2 aliphatic rings. The highest BCUT2D eigenvalue weighted by Crippen LogP contribution is 2.38. The van der Waals surface area contributed by atoms with Crippen LogP contribution in [0.2, 0.25) is 0 Å².